The van der Waals surface area contributed by atoms with Crippen LogP contribution in [0.25, 0.3) is 11.4 Å². The van der Waals surface area contributed by atoms with Crippen molar-refractivity contribution in [3.63, 3.8) is 0 Å². The van der Waals surface area contributed by atoms with Crippen LogP contribution in [0.1, 0.15) is 30.5 Å². The summed E-state index contributed by atoms with van der Waals surface area (Å²) in [4.78, 5) is 12.4. The minimum atomic E-state index is -4.05. The van der Waals surface area contributed by atoms with Gasteiger partial charge in [-0.15, -0.1) is 10.2 Å². The van der Waals surface area contributed by atoms with Crippen LogP contribution in [0.15, 0.2) is 30.9 Å². The van der Waals surface area contributed by atoms with Gasteiger partial charge in [0, 0.05) is 51.7 Å². The quantitative estimate of drug-likeness (QED) is 0.374. The average molecular weight is 526 g/mol. The topological polar surface area (TPSA) is 143 Å². The Bertz CT molecular complexity index is 1220. The second kappa shape index (κ2) is 11.8. The van der Waals surface area contributed by atoms with Gasteiger partial charge in [-0.3, -0.25) is 14.3 Å². The monoisotopic (exact) mass is 525 g/mol. The van der Waals surface area contributed by atoms with Crippen LogP contribution >= 0.6 is 11.6 Å². The molecule has 3 heterocycles. The fourth-order valence-corrected chi connectivity index (χ4v) is 4.76. The van der Waals surface area contributed by atoms with Crippen molar-refractivity contribution in [3.8, 4) is 11.4 Å². The van der Waals surface area contributed by atoms with Crippen molar-refractivity contribution in [2.75, 3.05) is 39.3 Å². The summed E-state index contributed by atoms with van der Waals surface area (Å²) in [5, 5.41) is 7.63. The van der Waals surface area contributed by atoms with Crippen LogP contribution in [0.4, 0.5) is 5.95 Å². The second-order valence-electron chi connectivity index (χ2n) is 7.80. The van der Waals surface area contributed by atoms with E-state index in [0.717, 1.165) is 5.56 Å². The third kappa shape index (κ3) is 6.30. The van der Waals surface area contributed by atoms with Crippen molar-refractivity contribution in [3.05, 3.63) is 47.3 Å². The number of nitrogens with one attached hydrogen (secondary N) is 1. The number of ether oxygens (including phenoxy) is 3. The predicted molar refractivity (Wildman–Crippen MR) is 130 cm³/mol. The molecule has 3 aromatic heterocycles. The summed E-state index contributed by atoms with van der Waals surface area (Å²) in [5.74, 6) is 0.591. The van der Waals surface area contributed by atoms with Gasteiger partial charge in [-0.2, -0.15) is 0 Å². The zero-order valence-electron chi connectivity index (χ0n) is 20.0. The van der Waals surface area contributed by atoms with E-state index < -0.39 is 27.4 Å². The molecule has 0 saturated carbocycles. The zero-order chi connectivity index (χ0) is 25.6. The molecule has 2 unspecified atom stereocenters. The van der Waals surface area contributed by atoms with E-state index >= 15 is 0 Å². The highest BCUT2D eigenvalue weighted by Crippen LogP contribution is 2.29. The largest absolute Gasteiger partial charge is 0.382 e. The fraction of sp³-hybridized carbons (Fsp3) is 0.476. The first-order valence-corrected chi connectivity index (χ1v) is 12.5. The summed E-state index contributed by atoms with van der Waals surface area (Å²) in [5.41, 5.74) is 1.58. The van der Waals surface area contributed by atoms with Gasteiger partial charge >= 0.3 is 0 Å². The molecule has 0 spiro atoms. The molecule has 190 valence electrons. The highest BCUT2D eigenvalue weighted by atomic mass is 35.5. The molecular formula is C21H28ClN7O5S. The molecule has 0 aliphatic rings. The number of anilines is 1. The van der Waals surface area contributed by atoms with Crippen molar-refractivity contribution >= 4 is 27.6 Å². The lowest BCUT2D eigenvalue weighted by Crippen LogP contribution is -2.34. The summed E-state index contributed by atoms with van der Waals surface area (Å²) in [6.07, 6.45) is 5.13. The van der Waals surface area contributed by atoms with Crippen LogP contribution in [0.3, 0.4) is 0 Å². The third-order valence-corrected chi connectivity index (χ3v) is 7.10. The number of aryl methyl sites for hydroxylation is 1. The minimum Gasteiger partial charge on any atom is -0.382 e. The second-order valence-corrected chi connectivity index (χ2v) is 10.3. The summed E-state index contributed by atoms with van der Waals surface area (Å²) in [6, 6.07) is 1.45. The molecule has 1 N–H and O–H groups in total. The van der Waals surface area contributed by atoms with E-state index in [9.17, 15) is 8.42 Å². The van der Waals surface area contributed by atoms with E-state index in [0.29, 0.717) is 16.4 Å². The summed E-state index contributed by atoms with van der Waals surface area (Å²) < 4.78 is 47.1. The van der Waals surface area contributed by atoms with E-state index in [1.165, 1.54) is 26.4 Å². The van der Waals surface area contributed by atoms with Crippen LogP contribution < -0.4 is 4.72 Å². The number of aromatic nitrogens is 6. The molecule has 35 heavy (non-hydrogen) atoms. The van der Waals surface area contributed by atoms with Crippen molar-refractivity contribution < 1.29 is 22.6 Å². The van der Waals surface area contributed by atoms with E-state index in [-0.39, 0.29) is 25.0 Å². The van der Waals surface area contributed by atoms with Crippen LogP contribution in [-0.2, 0) is 24.2 Å². The molecule has 3 aromatic rings. The van der Waals surface area contributed by atoms with Crippen LogP contribution in [0.5, 0.6) is 0 Å². The number of sulfonamides is 1. The van der Waals surface area contributed by atoms with Crippen LogP contribution in [-0.4, -0.2) is 77.9 Å². The smallest absolute Gasteiger partial charge is 0.240 e. The molecule has 2 atom stereocenters. The maximum absolute atomic E-state index is 13.4. The lowest BCUT2D eigenvalue weighted by molar-refractivity contribution is 0.0907. The molecule has 12 nitrogen and oxygen atoms in total. The molecule has 0 radical (unpaired) electrons. The average Bonchev–Trinajstić information content (AvgIpc) is 3.23. The Hall–Kier alpha value is -2.71. The standard InChI is InChI=1S/C21H28ClN7O5S/c1-13-6-15(8-23-7-13)20-26-27-21(29(20)17(11-32-3)12-33-4)28-35(30,31)14(2)18(34-5)19-24-9-16(22)10-25-19/h6-10,14,17-18H,11-12H2,1-5H3,(H,27,28). The van der Waals surface area contributed by atoms with Gasteiger partial charge in [0.1, 0.15) is 11.4 Å². The SMILES string of the molecule is COCC(COC)n1c(NS(=O)(=O)C(C)C(OC)c2ncc(Cl)cn2)nnc1-c1cncc(C)c1. The van der Waals surface area contributed by atoms with Crippen molar-refractivity contribution in [2.24, 2.45) is 0 Å². The molecular weight excluding hydrogens is 498 g/mol. The lowest BCUT2D eigenvalue weighted by Gasteiger charge is -2.24. The van der Waals surface area contributed by atoms with Crippen molar-refractivity contribution in [1.29, 1.82) is 0 Å². The fourth-order valence-electron chi connectivity index (χ4n) is 3.52. The number of nitrogens with zero attached hydrogens (tertiary/aromatic N) is 6. The number of pyridine rings is 1. The predicted octanol–water partition coefficient (Wildman–Crippen LogP) is 2.44. The first kappa shape index (κ1) is 26.9. The normalized spacial score (nSPS) is 13.7. The Labute approximate surface area is 209 Å². The van der Waals surface area contributed by atoms with Gasteiger partial charge in [0.25, 0.3) is 0 Å². The molecule has 0 aliphatic heterocycles. The Morgan fingerprint density at radius 3 is 2.29 bits per heavy atom. The van der Waals surface area contributed by atoms with Gasteiger partial charge in [0.05, 0.1) is 24.3 Å². The maximum Gasteiger partial charge on any atom is 0.240 e. The van der Waals surface area contributed by atoms with Gasteiger partial charge in [0.15, 0.2) is 11.6 Å². The van der Waals surface area contributed by atoms with Crippen molar-refractivity contribution in [2.45, 2.75) is 31.2 Å². The Balaban J connectivity index is 2.02. The van der Waals surface area contributed by atoms with Gasteiger partial charge in [-0.25, -0.2) is 18.4 Å². The number of halogens is 1. The Morgan fingerprint density at radius 1 is 1.06 bits per heavy atom. The van der Waals surface area contributed by atoms with Gasteiger partial charge in [-0.05, 0) is 25.5 Å². The maximum atomic E-state index is 13.4. The van der Waals surface area contributed by atoms with Crippen molar-refractivity contribution in [1.82, 2.24) is 29.7 Å². The molecule has 0 amide bonds. The van der Waals surface area contributed by atoms with E-state index in [1.54, 1.807) is 31.2 Å². The minimum absolute atomic E-state index is 0.000617. The van der Waals surface area contributed by atoms with Gasteiger partial charge in [-0.1, -0.05) is 11.6 Å². The summed E-state index contributed by atoms with van der Waals surface area (Å²) >= 11 is 5.86. The van der Waals surface area contributed by atoms with E-state index in [1.807, 2.05) is 13.0 Å². The van der Waals surface area contributed by atoms with E-state index in [4.69, 9.17) is 25.8 Å². The molecule has 0 fully saturated rings. The first-order valence-electron chi connectivity index (χ1n) is 10.6. The first-order chi connectivity index (χ1) is 16.7. The third-order valence-electron chi connectivity index (χ3n) is 5.21. The molecule has 0 aliphatic carbocycles. The molecule has 14 heteroatoms. The van der Waals surface area contributed by atoms with Crippen LogP contribution in [0.2, 0.25) is 5.02 Å². The van der Waals surface area contributed by atoms with Gasteiger partial charge in [0.2, 0.25) is 16.0 Å². The summed E-state index contributed by atoms with van der Waals surface area (Å²) in [6.45, 7) is 3.83. The molecule has 3 rings (SSSR count). The van der Waals surface area contributed by atoms with Crippen LogP contribution in [0, 0.1) is 6.92 Å². The number of hydrogen-bond acceptors (Lipinski definition) is 10. The number of methoxy groups -OCH3 is 3. The molecule has 0 aromatic carbocycles. The lowest BCUT2D eigenvalue weighted by atomic mass is 10.2. The van der Waals surface area contributed by atoms with Gasteiger partial charge < -0.3 is 14.2 Å². The molecule has 0 bridgehead atoms. The number of rotatable bonds is 12. The highest BCUT2D eigenvalue weighted by molar-refractivity contribution is 7.93. The highest BCUT2D eigenvalue weighted by Gasteiger charge is 2.35. The van der Waals surface area contributed by atoms with E-state index in [2.05, 4.69) is 29.9 Å². The summed E-state index contributed by atoms with van der Waals surface area (Å²) in [7, 11) is 0.415. The Morgan fingerprint density at radius 2 is 1.71 bits per heavy atom. The number of hydrogen-bond donors (Lipinski definition) is 1. The zero-order valence-corrected chi connectivity index (χ0v) is 21.6. The molecule has 0 saturated heterocycles. The Kier molecular flexibility index (Phi) is 9.08.